The molecule has 0 aliphatic carbocycles. The van der Waals surface area contributed by atoms with Gasteiger partial charge in [-0.05, 0) is 49.4 Å². The maximum Gasteiger partial charge on any atom is 0.257 e. The molecule has 154 valence electrons. The van der Waals surface area contributed by atoms with Crippen molar-refractivity contribution in [1.29, 1.82) is 0 Å². The van der Waals surface area contributed by atoms with E-state index in [1.54, 1.807) is 24.0 Å². The molecule has 2 aliphatic rings. The van der Waals surface area contributed by atoms with E-state index in [0.29, 0.717) is 37.5 Å². The van der Waals surface area contributed by atoms with Gasteiger partial charge in [-0.25, -0.2) is 23.1 Å². The number of hydrogen-bond donors (Lipinski definition) is 1. The Morgan fingerprint density at radius 3 is 2.79 bits per heavy atom. The number of rotatable bonds is 5. The average molecular weight is 417 g/mol. The second-order valence-corrected chi connectivity index (χ2v) is 9.18. The molecular formula is C20H24N4O4S. The van der Waals surface area contributed by atoms with Gasteiger partial charge in [-0.1, -0.05) is 6.07 Å². The van der Waals surface area contributed by atoms with E-state index in [1.807, 2.05) is 6.07 Å². The Morgan fingerprint density at radius 2 is 2.07 bits per heavy atom. The molecule has 1 saturated heterocycles. The van der Waals surface area contributed by atoms with E-state index in [-0.39, 0.29) is 23.5 Å². The third kappa shape index (κ3) is 4.47. The molecule has 8 nitrogen and oxygen atoms in total. The Morgan fingerprint density at radius 1 is 1.28 bits per heavy atom. The van der Waals surface area contributed by atoms with Crippen LogP contribution in [0.5, 0.6) is 0 Å². The zero-order chi connectivity index (χ0) is 20.4. The minimum absolute atomic E-state index is 0.0627. The van der Waals surface area contributed by atoms with Crippen LogP contribution in [0.2, 0.25) is 0 Å². The van der Waals surface area contributed by atoms with Gasteiger partial charge in [-0.2, -0.15) is 0 Å². The second kappa shape index (κ2) is 8.17. The Balaban J connectivity index is 1.49. The summed E-state index contributed by atoms with van der Waals surface area (Å²) >= 11 is 0. The van der Waals surface area contributed by atoms with Gasteiger partial charge in [-0.15, -0.1) is 0 Å². The molecule has 1 unspecified atom stereocenters. The van der Waals surface area contributed by atoms with Gasteiger partial charge in [0.15, 0.2) is 0 Å². The number of aryl methyl sites for hydroxylation is 1. The van der Waals surface area contributed by atoms with Crippen molar-refractivity contribution >= 4 is 15.9 Å². The van der Waals surface area contributed by atoms with E-state index < -0.39 is 10.0 Å². The van der Waals surface area contributed by atoms with Crippen LogP contribution >= 0.6 is 0 Å². The minimum Gasteiger partial charge on any atom is -0.377 e. The maximum absolute atomic E-state index is 12.8. The quantitative estimate of drug-likeness (QED) is 0.791. The zero-order valence-corrected chi connectivity index (χ0v) is 17.1. The van der Waals surface area contributed by atoms with Crippen molar-refractivity contribution in [3.05, 3.63) is 53.1 Å². The molecule has 9 heteroatoms. The molecule has 29 heavy (non-hydrogen) atoms. The highest BCUT2D eigenvalue weighted by Gasteiger charge is 2.25. The summed E-state index contributed by atoms with van der Waals surface area (Å²) in [7, 11) is -3.63. The van der Waals surface area contributed by atoms with Gasteiger partial charge < -0.3 is 9.64 Å². The number of fused-ring (bicyclic) bond motifs is 1. The first kappa shape index (κ1) is 19.9. The molecule has 2 aliphatic heterocycles. The zero-order valence-electron chi connectivity index (χ0n) is 16.3. The van der Waals surface area contributed by atoms with Crippen molar-refractivity contribution in [3.63, 3.8) is 0 Å². The highest BCUT2D eigenvalue weighted by molar-refractivity contribution is 7.89. The van der Waals surface area contributed by atoms with Crippen LogP contribution < -0.4 is 4.72 Å². The monoisotopic (exact) mass is 416 g/mol. The van der Waals surface area contributed by atoms with Crippen LogP contribution in [0.15, 0.2) is 35.5 Å². The summed E-state index contributed by atoms with van der Waals surface area (Å²) in [6.45, 7) is 3.65. The molecule has 1 aromatic carbocycles. The predicted octanol–water partition coefficient (Wildman–Crippen LogP) is 1.44. The maximum atomic E-state index is 12.8. The summed E-state index contributed by atoms with van der Waals surface area (Å²) in [4.78, 5) is 22.8. The lowest BCUT2D eigenvalue weighted by molar-refractivity contribution is 0.0733. The fraction of sp³-hybridized carbons (Fsp3) is 0.450. The number of aromatic nitrogens is 2. The number of ether oxygens (including phenoxy) is 1. The molecule has 1 aromatic heterocycles. The molecule has 0 spiro atoms. The van der Waals surface area contributed by atoms with Crippen LogP contribution in [-0.4, -0.2) is 55.0 Å². The van der Waals surface area contributed by atoms with Crippen molar-refractivity contribution in [3.8, 4) is 0 Å². The Kier molecular flexibility index (Phi) is 5.62. The minimum atomic E-state index is -3.63. The Hall–Kier alpha value is -2.36. The largest absolute Gasteiger partial charge is 0.377 e. The summed E-state index contributed by atoms with van der Waals surface area (Å²) in [5, 5.41) is 0. The lowest BCUT2D eigenvalue weighted by atomic mass is 9.99. The number of amides is 1. The average Bonchev–Trinajstić information content (AvgIpc) is 3.25. The topological polar surface area (TPSA) is 101 Å². The lowest BCUT2D eigenvalue weighted by Crippen LogP contribution is -2.36. The van der Waals surface area contributed by atoms with Gasteiger partial charge in [0, 0.05) is 38.6 Å². The summed E-state index contributed by atoms with van der Waals surface area (Å²) in [5.74, 6) is 0.455. The number of hydrogen-bond acceptors (Lipinski definition) is 6. The van der Waals surface area contributed by atoms with Crippen molar-refractivity contribution in [2.75, 3.05) is 19.7 Å². The molecule has 0 radical (unpaired) electrons. The summed E-state index contributed by atoms with van der Waals surface area (Å²) < 4.78 is 33.5. The van der Waals surface area contributed by atoms with Gasteiger partial charge in [-0.3, -0.25) is 4.79 Å². The molecule has 1 fully saturated rings. The number of carbonyl (C=O) groups is 1. The number of benzene rings is 1. The standard InChI is InChI=1S/C20H24N4O4S/c1-14-21-10-17(11-22-14)20(25)24-7-6-15-4-5-19(9-16(15)13-24)29(26,27)23-12-18-3-2-8-28-18/h4-5,9-11,18,23H,2-3,6-8,12-13H2,1H3. The van der Waals surface area contributed by atoms with Crippen LogP contribution in [-0.2, 0) is 27.7 Å². The molecule has 2 aromatic rings. The van der Waals surface area contributed by atoms with Gasteiger partial charge in [0.2, 0.25) is 10.0 Å². The third-order valence-electron chi connectivity index (χ3n) is 5.34. The Bertz CT molecular complexity index is 1000. The van der Waals surface area contributed by atoms with E-state index in [0.717, 1.165) is 24.0 Å². The van der Waals surface area contributed by atoms with E-state index in [1.165, 1.54) is 12.4 Å². The highest BCUT2D eigenvalue weighted by atomic mass is 32.2. The number of nitrogens with zero attached hydrogens (tertiary/aromatic N) is 3. The van der Waals surface area contributed by atoms with Gasteiger partial charge in [0.25, 0.3) is 5.91 Å². The molecule has 1 N–H and O–H groups in total. The molecule has 3 heterocycles. The van der Waals surface area contributed by atoms with Crippen LogP contribution in [0.1, 0.15) is 40.2 Å². The normalized spacial score (nSPS) is 19.2. The van der Waals surface area contributed by atoms with Gasteiger partial charge >= 0.3 is 0 Å². The van der Waals surface area contributed by atoms with Gasteiger partial charge in [0.1, 0.15) is 5.82 Å². The molecule has 4 rings (SSSR count). The van der Waals surface area contributed by atoms with Gasteiger partial charge in [0.05, 0.1) is 16.6 Å². The number of carbonyl (C=O) groups excluding carboxylic acids is 1. The first-order chi connectivity index (χ1) is 13.9. The third-order valence-corrected chi connectivity index (χ3v) is 6.76. The number of nitrogens with one attached hydrogen (secondary N) is 1. The first-order valence-corrected chi connectivity index (χ1v) is 11.2. The van der Waals surface area contributed by atoms with Crippen molar-refractivity contribution in [1.82, 2.24) is 19.6 Å². The molecule has 1 atom stereocenters. The summed E-state index contributed by atoms with van der Waals surface area (Å²) in [6, 6.07) is 5.13. The smallest absolute Gasteiger partial charge is 0.257 e. The molecule has 1 amide bonds. The van der Waals surface area contributed by atoms with E-state index in [9.17, 15) is 13.2 Å². The van der Waals surface area contributed by atoms with Crippen molar-refractivity contribution in [2.24, 2.45) is 0 Å². The van der Waals surface area contributed by atoms with Crippen LogP contribution in [0.3, 0.4) is 0 Å². The lowest BCUT2D eigenvalue weighted by Gasteiger charge is -2.29. The molecular weight excluding hydrogens is 392 g/mol. The molecule has 0 saturated carbocycles. The SMILES string of the molecule is Cc1ncc(C(=O)N2CCc3ccc(S(=O)(=O)NCC4CCCO4)cc3C2)cn1. The van der Waals surface area contributed by atoms with Crippen molar-refractivity contribution < 1.29 is 17.9 Å². The fourth-order valence-corrected chi connectivity index (χ4v) is 4.77. The van der Waals surface area contributed by atoms with Crippen molar-refractivity contribution in [2.45, 2.75) is 43.7 Å². The van der Waals surface area contributed by atoms with Crippen LogP contribution in [0.25, 0.3) is 0 Å². The summed E-state index contributed by atoms with van der Waals surface area (Å²) in [5.41, 5.74) is 2.34. The van der Waals surface area contributed by atoms with E-state index in [4.69, 9.17) is 4.74 Å². The molecule has 0 bridgehead atoms. The second-order valence-electron chi connectivity index (χ2n) is 7.41. The van der Waals surface area contributed by atoms with E-state index in [2.05, 4.69) is 14.7 Å². The fourth-order valence-electron chi connectivity index (χ4n) is 3.65. The Labute approximate surface area is 170 Å². The van der Waals surface area contributed by atoms with E-state index >= 15 is 0 Å². The van der Waals surface area contributed by atoms with Crippen LogP contribution in [0.4, 0.5) is 0 Å². The highest BCUT2D eigenvalue weighted by Crippen LogP contribution is 2.24. The predicted molar refractivity (Wildman–Crippen MR) is 106 cm³/mol. The first-order valence-electron chi connectivity index (χ1n) is 9.73. The summed E-state index contributed by atoms with van der Waals surface area (Å²) in [6.07, 6.45) is 5.49. The van der Waals surface area contributed by atoms with Crippen LogP contribution in [0, 0.1) is 6.92 Å². The number of sulfonamides is 1.